The van der Waals surface area contributed by atoms with Gasteiger partial charge in [0.1, 0.15) is 13.2 Å². The average molecular weight is 713 g/mol. The summed E-state index contributed by atoms with van der Waals surface area (Å²) in [4.78, 5) is 25.2. The zero-order valence-corrected chi connectivity index (χ0v) is 33.3. The summed E-state index contributed by atoms with van der Waals surface area (Å²) >= 11 is 0. The maximum atomic E-state index is 12.8. The number of amides is 1. The molecule has 0 saturated carbocycles. The van der Waals surface area contributed by atoms with Gasteiger partial charge >= 0.3 is 0 Å². The third kappa shape index (κ3) is 34.9. The molecule has 9 heteroatoms. The third-order valence-corrected chi connectivity index (χ3v) is 9.54. The SMILES string of the molecule is CCC/C=C\C/C=C\CCCCCCCC(=O)NC(COP(=O)([O-])OCC[N+](C)(C)C)C(O)/C=C/CCCCCCCCCCCCCC. The molecule has 0 aromatic carbocycles. The summed E-state index contributed by atoms with van der Waals surface area (Å²) in [7, 11) is 1.24. The van der Waals surface area contributed by atoms with Crippen LogP contribution in [0.15, 0.2) is 36.5 Å². The fourth-order valence-electron chi connectivity index (χ4n) is 5.36. The van der Waals surface area contributed by atoms with E-state index in [4.69, 9.17) is 9.05 Å². The lowest BCUT2D eigenvalue weighted by molar-refractivity contribution is -0.870. The first-order valence-corrected chi connectivity index (χ1v) is 21.3. The van der Waals surface area contributed by atoms with Crippen molar-refractivity contribution in [3.05, 3.63) is 36.5 Å². The van der Waals surface area contributed by atoms with Gasteiger partial charge in [0, 0.05) is 6.42 Å². The van der Waals surface area contributed by atoms with Gasteiger partial charge in [-0.25, -0.2) is 0 Å². The number of carbonyl (C=O) groups is 1. The molecule has 0 rings (SSSR count). The Bertz CT molecular complexity index is 902. The zero-order valence-electron chi connectivity index (χ0n) is 32.4. The summed E-state index contributed by atoms with van der Waals surface area (Å²) < 4.78 is 23.1. The number of unbranched alkanes of at least 4 members (excludes halogenated alkanes) is 18. The van der Waals surface area contributed by atoms with E-state index in [1.165, 1.54) is 70.6 Å². The van der Waals surface area contributed by atoms with Crippen molar-refractivity contribution in [3.8, 4) is 0 Å². The van der Waals surface area contributed by atoms with Crippen molar-refractivity contribution in [2.45, 2.75) is 174 Å². The Balaban J connectivity index is 4.55. The Hall–Kier alpha value is -1.28. The molecule has 0 fully saturated rings. The first-order chi connectivity index (χ1) is 23.5. The van der Waals surface area contributed by atoms with Gasteiger partial charge in [0.05, 0.1) is 39.9 Å². The van der Waals surface area contributed by atoms with Crippen molar-refractivity contribution in [1.82, 2.24) is 5.32 Å². The van der Waals surface area contributed by atoms with E-state index in [1.54, 1.807) is 6.08 Å². The molecule has 0 saturated heterocycles. The molecule has 0 aliphatic rings. The van der Waals surface area contributed by atoms with Gasteiger partial charge in [-0.2, -0.15) is 0 Å². The number of phosphoric ester groups is 1. The summed E-state index contributed by atoms with van der Waals surface area (Å²) in [5.41, 5.74) is 0. The number of nitrogens with one attached hydrogen (secondary N) is 1. The van der Waals surface area contributed by atoms with Crippen molar-refractivity contribution in [2.24, 2.45) is 0 Å². The minimum Gasteiger partial charge on any atom is -0.756 e. The fraction of sp³-hybridized carbons (Fsp3) is 0.825. The van der Waals surface area contributed by atoms with E-state index < -0.39 is 20.0 Å². The molecule has 8 nitrogen and oxygen atoms in total. The van der Waals surface area contributed by atoms with Crippen molar-refractivity contribution in [2.75, 3.05) is 40.9 Å². The molecular weight excluding hydrogens is 635 g/mol. The van der Waals surface area contributed by atoms with Crippen LogP contribution in [0.1, 0.15) is 162 Å². The molecule has 0 spiro atoms. The first kappa shape index (κ1) is 47.7. The second kappa shape index (κ2) is 32.6. The van der Waals surface area contributed by atoms with Crippen LogP contribution in [0, 0.1) is 0 Å². The number of phosphoric acid groups is 1. The third-order valence-electron chi connectivity index (χ3n) is 8.58. The minimum absolute atomic E-state index is 0.00448. The largest absolute Gasteiger partial charge is 0.756 e. The number of aliphatic hydroxyl groups excluding tert-OH is 1. The predicted molar refractivity (Wildman–Crippen MR) is 205 cm³/mol. The van der Waals surface area contributed by atoms with Crippen molar-refractivity contribution < 1.29 is 32.9 Å². The Morgan fingerprint density at radius 2 is 1.22 bits per heavy atom. The summed E-state index contributed by atoms with van der Waals surface area (Å²) in [5.74, 6) is -0.215. The highest BCUT2D eigenvalue weighted by molar-refractivity contribution is 7.45. The highest BCUT2D eigenvalue weighted by Gasteiger charge is 2.23. The minimum atomic E-state index is -4.58. The van der Waals surface area contributed by atoms with E-state index in [2.05, 4.69) is 43.5 Å². The smallest absolute Gasteiger partial charge is 0.268 e. The second-order valence-corrected chi connectivity index (χ2v) is 16.0. The van der Waals surface area contributed by atoms with Crippen LogP contribution in [0.4, 0.5) is 0 Å². The Morgan fingerprint density at radius 1 is 0.714 bits per heavy atom. The quantitative estimate of drug-likeness (QED) is 0.0293. The van der Waals surface area contributed by atoms with Gasteiger partial charge in [0.25, 0.3) is 7.82 Å². The average Bonchev–Trinajstić information content (AvgIpc) is 3.04. The molecule has 288 valence electrons. The topological polar surface area (TPSA) is 108 Å². The van der Waals surface area contributed by atoms with Crippen LogP contribution in [0.3, 0.4) is 0 Å². The number of aliphatic hydroxyl groups is 1. The van der Waals surface area contributed by atoms with E-state index in [9.17, 15) is 19.4 Å². The molecule has 3 unspecified atom stereocenters. The van der Waals surface area contributed by atoms with Crippen molar-refractivity contribution in [1.29, 1.82) is 0 Å². The molecule has 0 aromatic rings. The highest BCUT2D eigenvalue weighted by Crippen LogP contribution is 2.38. The van der Waals surface area contributed by atoms with E-state index in [1.807, 2.05) is 27.2 Å². The Labute approximate surface area is 302 Å². The number of carbonyl (C=O) groups excluding carboxylic acids is 1. The number of allylic oxidation sites excluding steroid dienone is 5. The van der Waals surface area contributed by atoms with Crippen molar-refractivity contribution in [3.63, 3.8) is 0 Å². The van der Waals surface area contributed by atoms with Gasteiger partial charge in [-0.1, -0.05) is 147 Å². The summed E-state index contributed by atoms with van der Waals surface area (Å²) in [5, 5.41) is 13.7. The molecule has 0 aliphatic carbocycles. The molecule has 0 bridgehead atoms. The van der Waals surface area contributed by atoms with Gasteiger partial charge in [-0.05, 0) is 44.9 Å². The van der Waals surface area contributed by atoms with E-state index in [0.717, 1.165) is 70.6 Å². The number of nitrogens with zero attached hydrogens (tertiary/aromatic N) is 1. The first-order valence-electron chi connectivity index (χ1n) is 19.9. The number of hydrogen-bond donors (Lipinski definition) is 2. The predicted octanol–water partition coefficient (Wildman–Crippen LogP) is 9.72. The molecule has 3 atom stereocenters. The lowest BCUT2D eigenvalue weighted by Gasteiger charge is -2.29. The van der Waals surface area contributed by atoms with Crippen molar-refractivity contribution >= 4 is 13.7 Å². The van der Waals surface area contributed by atoms with Gasteiger partial charge in [0.15, 0.2) is 0 Å². The molecule has 2 N–H and O–H groups in total. The monoisotopic (exact) mass is 713 g/mol. The van der Waals surface area contributed by atoms with E-state index in [-0.39, 0.29) is 19.1 Å². The molecule has 0 aliphatic heterocycles. The maximum absolute atomic E-state index is 12.8. The number of hydrogen-bond acceptors (Lipinski definition) is 6. The fourth-order valence-corrected chi connectivity index (χ4v) is 6.09. The van der Waals surface area contributed by atoms with Crippen LogP contribution < -0.4 is 10.2 Å². The summed E-state index contributed by atoms with van der Waals surface area (Å²) in [6, 6.07) is -0.890. The van der Waals surface area contributed by atoms with Crippen LogP contribution in [0.5, 0.6) is 0 Å². The molecule has 1 amide bonds. The molecule has 0 radical (unpaired) electrons. The van der Waals surface area contributed by atoms with Crippen LogP contribution in [0.25, 0.3) is 0 Å². The lowest BCUT2D eigenvalue weighted by Crippen LogP contribution is -2.45. The zero-order chi connectivity index (χ0) is 36.5. The van der Waals surface area contributed by atoms with E-state index >= 15 is 0 Å². The van der Waals surface area contributed by atoms with E-state index in [0.29, 0.717) is 17.4 Å². The van der Waals surface area contributed by atoms with Gasteiger partial charge in [-0.15, -0.1) is 0 Å². The second-order valence-electron chi connectivity index (χ2n) is 14.6. The normalized spacial score (nSPS) is 15.0. The Morgan fingerprint density at radius 3 is 1.78 bits per heavy atom. The van der Waals surface area contributed by atoms with Crippen LogP contribution in [-0.2, 0) is 18.4 Å². The molecule has 49 heavy (non-hydrogen) atoms. The van der Waals surface area contributed by atoms with Crippen LogP contribution in [-0.4, -0.2) is 68.5 Å². The molecule has 0 aromatic heterocycles. The van der Waals surface area contributed by atoms with Crippen LogP contribution in [0.2, 0.25) is 0 Å². The molecule has 0 heterocycles. The lowest BCUT2D eigenvalue weighted by atomic mass is 10.0. The highest BCUT2D eigenvalue weighted by atomic mass is 31.2. The molecular formula is C40H77N2O6P. The summed E-state index contributed by atoms with van der Waals surface area (Å²) in [6.45, 7) is 4.54. The standard InChI is InChI=1S/C40H77N2O6P/c1-6-8-10-12-14-16-18-20-22-23-25-27-29-31-33-39(43)38(37-48-49(45,46)47-36-35-42(3,4)5)41-40(44)34-32-30-28-26-24-21-19-17-15-13-11-9-7-2/h11,13,17,19,31,33,38-39,43H,6-10,12,14-16,18,20-30,32,34-37H2,1-5H3,(H-,41,44,45,46)/b13-11-,19-17-,33-31+. The maximum Gasteiger partial charge on any atom is 0.268 e. The van der Waals surface area contributed by atoms with Crippen LogP contribution >= 0.6 is 7.82 Å². The number of rotatable bonds is 35. The summed E-state index contributed by atoms with van der Waals surface area (Å²) in [6.07, 6.45) is 37.5. The van der Waals surface area contributed by atoms with Gasteiger partial charge in [0.2, 0.25) is 5.91 Å². The van der Waals surface area contributed by atoms with Gasteiger partial charge in [-0.3, -0.25) is 9.36 Å². The van der Waals surface area contributed by atoms with Gasteiger partial charge < -0.3 is 28.8 Å². The number of quaternary nitrogens is 1. The Kier molecular flexibility index (Phi) is 31.8. The number of likely N-dealkylation sites (N-methyl/N-ethyl adjacent to an activating group) is 1.